The van der Waals surface area contributed by atoms with Crippen LogP contribution in [0, 0.1) is 0 Å². The molecule has 0 aromatic carbocycles. The summed E-state index contributed by atoms with van der Waals surface area (Å²) in [6, 6.07) is 3.30. The third-order valence-corrected chi connectivity index (χ3v) is 1.97. The minimum atomic E-state index is -1.38. The lowest BCUT2D eigenvalue weighted by Gasteiger charge is -2.16. The molecule has 0 saturated heterocycles. The van der Waals surface area contributed by atoms with Gasteiger partial charge in [-0.25, -0.2) is 4.98 Å². The minimum Gasteiger partial charge on any atom is -0.381 e. The van der Waals surface area contributed by atoms with Crippen molar-refractivity contribution >= 4 is 27.5 Å². The number of anilines is 1. The molecule has 0 saturated carbocycles. The Morgan fingerprint density at radius 2 is 2.29 bits per heavy atom. The number of carbonyl (C=O) groups is 1. The molecule has 1 amide bonds. The molecular formula is C9H11BrN2O2. The van der Waals surface area contributed by atoms with Gasteiger partial charge in [0.2, 0.25) is 0 Å². The third-order valence-electron chi connectivity index (χ3n) is 1.54. The standard InChI is InChI=1S/C9H11BrN2O2/c1-9(2,14)8(13)12-6-3-4-11-7(10)5-6/h3-5,14H,1-2H3,(H,11,12,13). The molecule has 76 valence electrons. The van der Waals surface area contributed by atoms with Crippen LogP contribution in [-0.2, 0) is 4.79 Å². The highest BCUT2D eigenvalue weighted by Gasteiger charge is 2.23. The van der Waals surface area contributed by atoms with E-state index in [9.17, 15) is 9.90 Å². The van der Waals surface area contributed by atoms with Crippen molar-refractivity contribution < 1.29 is 9.90 Å². The zero-order chi connectivity index (χ0) is 10.8. The lowest BCUT2D eigenvalue weighted by Crippen LogP contribution is -2.36. The quantitative estimate of drug-likeness (QED) is 0.792. The maximum absolute atomic E-state index is 11.3. The average Bonchev–Trinajstić information content (AvgIpc) is 2.02. The van der Waals surface area contributed by atoms with Crippen LogP contribution >= 0.6 is 15.9 Å². The van der Waals surface area contributed by atoms with E-state index in [-0.39, 0.29) is 0 Å². The van der Waals surface area contributed by atoms with E-state index < -0.39 is 11.5 Å². The number of aromatic nitrogens is 1. The van der Waals surface area contributed by atoms with Crippen LogP contribution < -0.4 is 5.32 Å². The number of hydrogen-bond acceptors (Lipinski definition) is 3. The Morgan fingerprint density at radius 1 is 1.64 bits per heavy atom. The van der Waals surface area contributed by atoms with E-state index in [0.717, 1.165) is 0 Å². The van der Waals surface area contributed by atoms with Gasteiger partial charge in [-0.1, -0.05) is 0 Å². The summed E-state index contributed by atoms with van der Waals surface area (Å²) >= 11 is 3.18. The molecule has 0 unspecified atom stereocenters. The summed E-state index contributed by atoms with van der Waals surface area (Å²) in [5.41, 5.74) is -0.783. The van der Waals surface area contributed by atoms with E-state index in [1.54, 1.807) is 18.3 Å². The molecule has 0 aliphatic heterocycles. The van der Waals surface area contributed by atoms with Gasteiger partial charge in [0.05, 0.1) is 0 Å². The second kappa shape index (κ2) is 4.06. The van der Waals surface area contributed by atoms with Crippen molar-refractivity contribution in [2.45, 2.75) is 19.4 Å². The topological polar surface area (TPSA) is 62.2 Å². The van der Waals surface area contributed by atoms with Gasteiger partial charge >= 0.3 is 0 Å². The molecule has 0 fully saturated rings. The molecule has 1 rings (SSSR count). The smallest absolute Gasteiger partial charge is 0.255 e. The number of carbonyl (C=O) groups excluding carboxylic acids is 1. The summed E-state index contributed by atoms with van der Waals surface area (Å²) in [6.07, 6.45) is 1.56. The minimum absolute atomic E-state index is 0.449. The van der Waals surface area contributed by atoms with Crippen LogP contribution in [0.2, 0.25) is 0 Å². The van der Waals surface area contributed by atoms with Gasteiger partial charge in [0.25, 0.3) is 5.91 Å². The predicted octanol–water partition coefficient (Wildman–Crippen LogP) is 1.55. The van der Waals surface area contributed by atoms with Gasteiger partial charge in [-0.05, 0) is 41.9 Å². The molecule has 0 aliphatic rings. The monoisotopic (exact) mass is 258 g/mol. The largest absolute Gasteiger partial charge is 0.381 e. The van der Waals surface area contributed by atoms with Crippen LogP contribution in [0.25, 0.3) is 0 Å². The highest BCUT2D eigenvalue weighted by atomic mass is 79.9. The molecule has 1 heterocycles. The zero-order valence-corrected chi connectivity index (χ0v) is 9.50. The molecule has 1 aromatic heterocycles. The lowest BCUT2D eigenvalue weighted by molar-refractivity contribution is -0.130. The van der Waals surface area contributed by atoms with Crippen LogP contribution in [-0.4, -0.2) is 21.6 Å². The average molecular weight is 259 g/mol. The Hall–Kier alpha value is -0.940. The van der Waals surface area contributed by atoms with Gasteiger partial charge in [-0.15, -0.1) is 0 Å². The van der Waals surface area contributed by atoms with Crippen molar-refractivity contribution in [1.82, 2.24) is 4.98 Å². The first-order valence-electron chi connectivity index (χ1n) is 4.05. The van der Waals surface area contributed by atoms with Crippen molar-refractivity contribution in [3.63, 3.8) is 0 Å². The molecule has 1 aromatic rings. The highest BCUT2D eigenvalue weighted by molar-refractivity contribution is 9.10. The second-order valence-corrected chi connectivity index (χ2v) is 4.19. The fraction of sp³-hybridized carbons (Fsp3) is 0.333. The van der Waals surface area contributed by atoms with Crippen LogP contribution in [0.5, 0.6) is 0 Å². The van der Waals surface area contributed by atoms with Crippen molar-refractivity contribution in [1.29, 1.82) is 0 Å². The summed E-state index contributed by atoms with van der Waals surface area (Å²) in [4.78, 5) is 15.3. The Bertz CT molecular complexity index is 347. The van der Waals surface area contributed by atoms with Crippen molar-refractivity contribution in [3.8, 4) is 0 Å². The summed E-state index contributed by atoms with van der Waals surface area (Å²) in [5.74, 6) is -0.449. The van der Waals surface area contributed by atoms with Crippen LogP contribution in [0.1, 0.15) is 13.8 Å². The first-order valence-corrected chi connectivity index (χ1v) is 4.84. The Labute approximate surface area is 90.5 Å². The van der Waals surface area contributed by atoms with Gasteiger partial charge in [-0.3, -0.25) is 4.79 Å². The maximum Gasteiger partial charge on any atom is 0.255 e. The van der Waals surface area contributed by atoms with Crippen molar-refractivity contribution in [3.05, 3.63) is 22.9 Å². The molecule has 4 nitrogen and oxygen atoms in total. The molecule has 0 spiro atoms. The second-order valence-electron chi connectivity index (χ2n) is 3.38. The fourth-order valence-corrected chi connectivity index (χ4v) is 1.13. The number of nitrogens with one attached hydrogen (secondary N) is 1. The summed E-state index contributed by atoms with van der Waals surface area (Å²) < 4.78 is 0.631. The van der Waals surface area contributed by atoms with Crippen LogP contribution in [0.15, 0.2) is 22.9 Å². The van der Waals surface area contributed by atoms with Gasteiger partial charge in [0, 0.05) is 11.9 Å². The number of halogens is 1. The molecule has 2 N–H and O–H groups in total. The van der Waals surface area contributed by atoms with Gasteiger partial charge in [0.15, 0.2) is 0 Å². The number of pyridine rings is 1. The molecule has 5 heteroatoms. The van der Waals surface area contributed by atoms with E-state index in [1.807, 2.05) is 0 Å². The van der Waals surface area contributed by atoms with E-state index in [4.69, 9.17) is 0 Å². The SMILES string of the molecule is CC(C)(O)C(=O)Nc1ccnc(Br)c1. The van der Waals surface area contributed by atoms with Crippen molar-refractivity contribution in [2.75, 3.05) is 5.32 Å². The number of rotatable bonds is 2. The molecular weight excluding hydrogens is 248 g/mol. The Kier molecular flexibility index (Phi) is 3.23. The van der Waals surface area contributed by atoms with Crippen LogP contribution in [0.3, 0.4) is 0 Å². The highest BCUT2D eigenvalue weighted by Crippen LogP contribution is 2.14. The van der Waals surface area contributed by atoms with E-state index in [0.29, 0.717) is 10.3 Å². The third kappa shape index (κ3) is 3.08. The first-order chi connectivity index (χ1) is 6.39. The zero-order valence-electron chi connectivity index (χ0n) is 7.91. The molecule has 0 bridgehead atoms. The summed E-state index contributed by atoms with van der Waals surface area (Å²) in [5, 5.41) is 11.9. The molecule has 0 atom stereocenters. The summed E-state index contributed by atoms with van der Waals surface area (Å²) in [6.45, 7) is 2.86. The van der Waals surface area contributed by atoms with Gasteiger partial charge in [0.1, 0.15) is 10.2 Å². The van der Waals surface area contributed by atoms with E-state index in [1.165, 1.54) is 13.8 Å². The Morgan fingerprint density at radius 3 is 2.79 bits per heavy atom. The van der Waals surface area contributed by atoms with E-state index in [2.05, 4.69) is 26.2 Å². The van der Waals surface area contributed by atoms with Gasteiger partial charge < -0.3 is 10.4 Å². The fourth-order valence-electron chi connectivity index (χ4n) is 0.764. The number of hydrogen-bond donors (Lipinski definition) is 2. The first kappa shape index (κ1) is 11.1. The molecule has 14 heavy (non-hydrogen) atoms. The lowest BCUT2D eigenvalue weighted by atomic mass is 10.1. The van der Waals surface area contributed by atoms with Crippen molar-refractivity contribution in [2.24, 2.45) is 0 Å². The summed E-state index contributed by atoms with van der Waals surface area (Å²) in [7, 11) is 0. The predicted molar refractivity (Wildman–Crippen MR) is 56.9 cm³/mol. The number of amides is 1. The number of nitrogens with zero attached hydrogens (tertiary/aromatic N) is 1. The maximum atomic E-state index is 11.3. The Balaban J connectivity index is 2.75. The molecule has 0 radical (unpaired) electrons. The van der Waals surface area contributed by atoms with Gasteiger partial charge in [-0.2, -0.15) is 0 Å². The van der Waals surface area contributed by atoms with E-state index >= 15 is 0 Å². The normalized spacial score (nSPS) is 11.1. The number of aliphatic hydroxyl groups is 1. The molecule has 0 aliphatic carbocycles. The van der Waals surface area contributed by atoms with Crippen LogP contribution in [0.4, 0.5) is 5.69 Å².